The Bertz CT molecular complexity index is 772. The first-order valence-electron chi connectivity index (χ1n) is 7.48. The molecule has 0 aliphatic rings. The molecule has 0 bridgehead atoms. The number of amides is 2. The molecule has 2 aromatic carbocycles. The van der Waals surface area contributed by atoms with E-state index in [1.807, 2.05) is 19.1 Å². The largest absolute Gasteiger partial charge is 0.493 e. The molecule has 2 rings (SSSR count). The Morgan fingerprint density at radius 2 is 1.36 bits per heavy atom. The van der Waals surface area contributed by atoms with Gasteiger partial charge in [0.05, 0.1) is 26.9 Å². The second-order valence-corrected chi connectivity index (χ2v) is 5.16. The van der Waals surface area contributed by atoms with Crippen LogP contribution in [0.5, 0.6) is 17.2 Å². The van der Waals surface area contributed by atoms with Crippen LogP contribution in [0.25, 0.3) is 0 Å². The van der Waals surface area contributed by atoms with Gasteiger partial charge >= 0.3 is 0 Å². The predicted octanol–water partition coefficient (Wildman–Crippen LogP) is 2.10. The van der Waals surface area contributed by atoms with Crippen molar-refractivity contribution in [2.45, 2.75) is 6.92 Å². The number of ether oxygens (including phenoxy) is 3. The van der Waals surface area contributed by atoms with Crippen LogP contribution in [0.3, 0.4) is 0 Å². The van der Waals surface area contributed by atoms with Gasteiger partial charge in [0, 0.05) is 5.56 Å². The number of carbonyl (C=O) groups is 2. The van der Waals surface area contributed by atoms with Crippen LogP contribution < -0.4 is 25.1 Å². The van der Waals surface area contributed by atoms with Crippen molar-refractivity contribution < 1.29 is 23.8 Å². The summed E-state index contributed by atoms with van der Waals surface area (Å²) in [4.78, 5) is 24.4. The summed E-state index contributed by atoms with van der Waals surface area (Å²) in [6, 6.07) is 10.1. The summed E-state index contributed by atoms with van der Waals surface area (Å²) in [7, 11) is 4.35. The van der Waals surface area contributed by atoms with Gasteiger partial charge in [-0.05, 0) is 31.2 Å². The van der Waals surface area contributed by atoms with Crippen molar-refractivity contribution in [3.8, 4) is 17.2 Å². The van der Waals surface area contributed by atoms with Gasteiger partial charge in [-0.3, -0.25) is 20.4 Å². The lowest BCUT2D eigenvalue weighted by molar-refractivity contribution is 0.0844. The molecular weight excluding hydrogens is 324 g/mol. The number of rotatable bonds is 5. The first kappa shape index (κ1) is 18.1. The number of hydrazine groups is 1. The zero-order valence-corrected chi connectivity index (χ0v) is 14.5. The smallest absolute Gasteiger partial charge is 0.273 e. The first-order valence-corrected chi connectivity index (χ1v) is 7.48. The van der Waals surface area contributed by atoms with Gasteiger partial charge in [-0.2, -0.15) is 0 Å². The quantitative estimate of drug-likeness (QED) is 0.811. The van der Waals surface area contributed by atoms with Crippen LogP contribution in [0, 0.1) is 6.92 Å². The predicted molar refractivity (Wildman–Crippen MR) is 92.2 cm³/mol. The van der Waals surface area contributed by atoms with Gasteiger partial charge in [0.1, 0.15) is 0 Å². The molecule has 2 amide bonds. The molecule has 7 nitrogen and oxygen atoms in total. The van der Waals surface area contributed by atoms with E-state index < -0.39 is 11.8 Å². The molecule has 0 aliphatic carbocycles. The third-order valence-electron chi connectivity index (χ3n) is 3.55. The van der Waals surface area contributed by atoms with E-state index in [0.717, 1.165) is 5.56 Å². The SMILES string of the molecule is COc1ccc(C(=O)NNC(=O)c2ccc(C)cc2)c(OC)c1OC. The van der Waals surface area contributed by atoms with Crippen molar-refractivity contribution in [1.29, 1.82) is 0 Å². The van der Waals surface area contributed by atoms with Crippen LogP contribution in [0.15, 0.2) is 36.4 Å². The summed E-state index contributed by atoms with van der Waals surface area (Å²) in [6.07, 6.45) is 0. The molecule has 0 heterocycles. The molecule has 0 aliphatic heterocycles. The van der Waals surface area contributed by atoms with E-state index in [9.17, 15) is 9.59 Å². The van der Waals surface area contributed by atoms with E-state index in [1.165, 1.54) is 27.4 Å². The Kier molecular flexibility index (Phi) is 5.84. The highest BCUT2D eigenvalue weighted by Crippen LogP contribution is 2.39. The van der Waals surface area contributed by atoms with Gasteiger partial charge in [-0.15, -0.1) is 0 Å². The summed E-state index contributed by atoms with van der Waals surface area (Å²) in [5, 5.41) is 0. The molecule has 0 saturated heterocycles. The maximum atomic E-state index is 12.4. The van der Waals surface area contributed by atoms with Gasteiger partial charge in [0.15, 0.2) is 11.5 Å². The van der Waals surface area contributed by atoms with Crippen molar-refractivity contribution >= 4 is 11.8 Å². The zero-order chi connectivity index (χ0) is 18.4. The summed E-state index contributed by atoms with van der Waals surface area (Å²) in [5.74, 6) is -0.0305. The molecule has 2 aromatic rings. The fourth-order valence-corrected chi connectivity index (χ4v) is 2.24. The Hall–Kier alpha value is -3.22. The van der Waals surface area contributed by atoms with Gasteiger partial charge in [-0.1, -0.05) is 17.7 Å². The first-order chi connectivity index (χ1) is 12.0. The van der Waals surface area contributed by atoms with Crippen LogP contribution in [0.4, 0.5) is 0 Å². The molecular formula is C18H20N2O5. The van der Waals surface area contributed by atoms with Gasteiger partial charge < -0.3 is 14.2 Å². The Labute approximate surface area is 145 Å². The number of aryl methyl sites for hydroxylation is 1. The van der Waals surface area contributed by atoms with Crippen LogP contribution >= 0.6 is 0 Å². The molecule has 0 fully saturated rings. The maximum Gasteiger partial charge on any atom is 0.273 e. The van der Waals surface area contributed by atoms with E-state index in [0.29, 0.717) is 17.1 Å². The highest BCUT2D eigenvalue weighted by Gasteiger charge is 2.21. The number of hydrogen-bond donors (Lipinski definition) is 2. The highest BCUT2D eigenvalue weighted by molar-refractivity contribution is 6.01. The van der Waals surface area contributed by atoms with E-state index in [4.69, 9.17) is 14.2 Å². The second-order valence-electron chi connectivity index (χ2n) is 5.16. The third-order valence-corrected chi connectivity index (χ3v) is 3.55. The van der Waals surface area contributed by atoms with Crippen molar-refractivity contribution in [3.05, 3.63) is 53.1 Å². The number of hydrogen-bond acceptors (Lipinski definition) is 5. The lowest BCUT2D eigenvalue weighted by Crippen LogP contribution is -2.41. The maximum absolute atomic E-state index is 12.4. The van der Waals surface area contributed by atoms with Crippen molar-refractivity contribution in [2.24, 2.45) is 0 Å². The zero-order valence-electron chi connectivity index (χ0n) is 14.5. The van der Waals surface area contributed by atoms with Gasteiger partial charge in [0.2, 0.25) is 5.75 Å². The average Bonchev–Trinajstić information content (AvgIpc) is 2.64. The molecule has 0 radical (unpaired) electrons. The van der Waals surface area contributed by atoms with Crippen LogP contribution in [0.1, 0.15) is 26.3 Å². The van der Waals surface area contributed by atoms with E-state index in [1.54, 1.807) is 18.2 Å². The topological polar surface area (TPSA) is 85.9 Å². The highest BCUT2D eigenvalue weighted by atomic mass is 16.5. The van der Waals surface area contributed by atoms with Gasteiger partial charge in [0.25, 0.3) is 11.8 Å². The molecule has 0 aromatic heterocycles. The minimum atomic E-state index is -0.543. The third kappa shape index (κ3) is 4.00. The molecule has 2 N–H and O–H groups in total. The van der Waals surface area contributed by atoms with E-state index >= 15 is 0 Å². The number of methoxy groups -OCH3 is 3. The summed E-state index contributed by atoms with van der Waals surface area (Å²) in [6.45, 7) is 1.92. The molecule has 0 atom stereocenters. The Morgan fingerprint density at radius 3 is 1.92 bits per heavy atom. The summed E-state index contributed by atoms with van der Waals surface area (Å²) in [5.41, 5.74) is 6.40. The average molecular weight is 344 g/mol. The lowest BCUT2D eigenvalue weighted by Gasteiger charge is -2.15. The summed E-state index contributed by atoms with van der Waals surface area (Å²) < 4.78 is 15.7. The monoisotopic (exact) mass is 344 g/mol. The second kappa shape index (κ2) is 8.05. The number of nitrogens with one attached hydrogen (secondary N) is 2. The fourth-order valence-electron chi connectivity index (χ4n) is 2.24. The normalized spacial score (nSPS) is 9.92. The molecule has 0 unspecified atom stereocenters. The van der Waals surface area contributed by atoms with E-state index in [-0.39, 0.29) is 11.3 Å². The minimum absolute atomic E-state index is 0.198. The van der Waals surface area contributed by atoms with Crippen LogP contribution in [-0.2, 0) is 0 Å². The molecule has 25 heavy (non-hydrogen) atoms. The molecule has 0 spiro atoms. The molecule has 7 heteroatoms. The number of carbonyl (C=O) groups excluding carboxylic acids is 2. The van der Waals surface area contributed by atoms with E-state index in [2.05, 4.69) is 10.9 Å². The van der Waals surface area contributed by atoms with Crippen molar-refractivity contribution in [1.82, 2.24) is 10.9 Å². The Balaban J connectivity index is 2.15. The van der Waals surface area contributed by atoms with Crippen LogP contribution in [-0.4, -0.2) is 33.1 Å². The van der Waals surface area contributed by atoms with Gasteiger partial charge in [-0.25, -0.2) is 0 Å². The Morgan fingerprint density at radius 1 is 0.760 bits per heavy atom. The fraction of sp³-hybridized carbons (Fsp3) is 0.222. The van der Waals surface area contributed by atoms with Crippen LogP contribution in [0.2, 0.25) is 0 Å². The number of benzene rings is 2. The molecule has 0 saturated carbocycles. The van der Waals surface area contributed by atoms with Crippen molar-refractivity contribution in [3.63, 3.8) is 0 Å². The molecule has 132 valence electrons. The minimum Gasteiger partial charge on any atom is -0.493 e. The lowest BCUT2D eigenvalue weighted by atomic mass is 10.1. The summed E-state index contributed by atoms with van der Waals surface area (Å²) >= 11 is 0. The standard InChI is InChI=1S/C18H20N2O5/c1-11-5-7-12(8-6-11)17(21)19-20-18(22)13-9-10-14(23-2)16(25-4)15(13)24-3/h5-10H,1-4H3,(H,19,21)(H,20,22). The van der Waals surface area contributed by atoms with Crippen molar-refractivity contribution in [2.75, 3.05) is 21.3 Å².